The number of nitrogens with zero attached hydrogens (tertiary/aromatic N) is 1. The molecule has 0 fully saturated rings. The summed E-state index contributed by atoms with van der Waals surface area (Å²) in [6.45, 7) is 0.456. The number of carboxylic acid groups (broad SMARTS) is 1. The van der Waals surface area contributed by atoms with Gasteiger partial charge in [0.25, 0.3) is 12.6 Å². The highest BCUT2D eigenvalue weighted by Gasteiger charge is 2.26. The van der Waals surface area contributed by atoms with E-state index in [0.717, 1.165) is 6.07 Å². The molecule has 1 aromatic carbocycles. The molecule has 0 radical (unpaired) electrons. The molecule has 0 amide bonds. The maximum atomic E-state index is 13.1. The Morgan fingerprint density at radius 2 is 2.18 bits per heavy atom. The predicted octanol–water partition coefficient (Wildman–Crippen LogP) is 1.13. The number of benzene rings is 1. The fourth-order valence-corrected chi connectivity index (χ4v) is 1.52. The second-order valence-corrected chi connectivity index (χ2v) is 3.57. The number of rotatable bonds is 4. The van der Waals surface area contributed by atoms with E-state index in [2.05, 4.69) is 0 Å². The summed E-state index contributed by atoms with van der Waals surface area (Å²) in [4.78, 5) is 20.6. The van der Waals surface area contributed by atoms with Crippen molar-refractivity contribution in [1.29, 1.82) is 0 Å². The summed E-state index contributed by atoms with van der Waals surface area (Å²) >= 11 is 0. The van der Waals surface area contributed by atoms with Crippen LogP contribution in [0.15, 0.2) is 12.1 Å². The van der Waals surface area contributed by atoms with Crippen molar-refractivity contribution < 1.29 is 24.2 Å². The van der Waals surface area contributed by atoms with E-state index in [1.807, 2.05) is 0 Å². The minimum Gasteiger partial charge on any atom is -0.477 e. The van der Waals surface area contributed by atoms with Gasteiger partial charge < -0.3 is 10.1 Å². The third kappa shape index (κ3) is 3.00. The first kappa shape index (κ1) is 13.1. The molecular weight excluding hydrogens is 232 g/mol. The predicted molar refractivity (Wildman–Crippen MR) is 57.6 cm³/mol. The SMILES string of the molecule is CB(O)Cc1cc(F)cc([N+](=O)[O-])c1C(=O)O. The fraction of sp³-hybridized carbons (Fsp3) is 0.222. The lowest BCUT2D eigenvalue weighted by atomic mass is 9.65. The highest BCUT2D eigenvalue weighted by Crippen LogP contribution is 2.25. The van der Waals surface area contributed by atoms with E-state index >= 15 is 0 Å². The lowest BCUT2D eigenvalue weighted by Crippen LogP contribution is -2.16. The first-order chi connectivity index (χ1) is 7.82. The topological polar surface area (TPSA) is 101 Å². The molecule has 1 rings (SSSR count). The normalized spacial score (nSPS) is 10.1. The Labute approximate surface area is 96.0 Å². The zero-order valence-corrected chi connectivity index (χ0v) is 8.88. The smallest absolute Gasteiger partial charge is 0.342 e. The van der Waals surface area contributed by atoms with Gasteiger partial charge in [0.1, 0.15) is 11.4 Å². The molecule has 0 aliphatic heterocycles. The Balaban J connectivity index is 3.46. The number of hydrogen-bond acceptors (Lipinski definition) is 4. The zero-order chi connectivity index (χ0) is 13.2. The monoisotopic (exact) mass is 241 g/mol. The van der Waals surface area contributed by atoms with Crippen molar-refractivity contribution >= 4 is 18.6 Å². The molecule has 0 heterocycles. The van der Waals surface area contributed by atoms with Gasteiger partial charge in [-0.05, 0) is 17.9 Å². The standard InChI is InChI=1S/C9H9BFNO5/c1-10(15)4-5-2-6(11)3-7(12(16)17)8(5)9(13)14/h2-3,15H,4H2,1H3,(H,13,14). The molecule has 8 heteroatoms. The van der Waals surface area contributed by atoms with Crippen LogP contribution >= 0.6 is 0 Å². The summed E-state index contributed by atoms with van der Waals surface area (Å²) in [5.41, 5.74) is -1.50. The van der Waals surface area contributed by atoms with Gasteiger partial charge in [0.15, 0.2) is 0 Å². The minimum absolute atomic E-state index is 0.0980. The molecule has 0 unspecified atom stereocenters. The van der Waals surface area contributed by atoms with Crippen LogP contribution in [0.3, 0.4) is 0 Å². The number of carbonyl (C=O) groups is 1. The molecular formula is C9H9BFNO5. The third-order valence-electron chi connectivity index (χ3n) is 2.09. The molecule has 0 aliphatic rings. The molecule has 0 saturated heterocycles. The van der Waals surface area contributed by atoms with Gasteiger partial charge in [0, 0.05) is 0 Å². The average Bonchev–Trinajstić information content (AvgIpc) is 2.14. The van der Waals surface area contributed by atoms with Crippen molar-refractivity contribution in [3.63, 3.8) is 0 Å². The molecule has 0 spiro atoms. The second kappa shape index (κ2) is 4.92. The summed E-state index contributed by atoms with van der Waals surface area (Å²) in [5.74, 6) is -2.43. The van der Waals surface area contributed by atoms with Gasteiger partial charge in [-0.25, -0.2) is 9.18 Å². The van der Waals surface area contributed by atoms with E-state index < -0.39 is 34.9 Å². The van der Waals surface area contributed by atoms with Crippen molar-refractivity contribution in [2.24, 2.45) is 0 Å². The van der Waals surface area contributed by atoms with Crippen molar-refractivity contribution in [2.75, 3.05) is 0 Å². The average molecular weight is 241 g/mol. The Morgan fingerprint density at radius 3 is 2.59 bits per heavy atom. The van der Waals surface area contributed by atoms with Crippen molar-refractivity contribution in [3.05, 3.63) is 39.2 Å². The number of nitro groups is 1. The van der Waals surface area contributed by atoms with Gasteiger partial charge in [-0.3, -0.25) is 10.1 Å². The zero-order valence-electron chi connectivity index (χ0n) is 8.88. The summed E-state index contributed by atoms with van der Waals surface area (Å²) in [5, 5.41) is 28.7. The highest BCUT2D eigenvalue weighted by molar-refractivity contribution is 6.48. The van der Waals surface area contributed by atoms with Crippen LogP contribution in [-0.2, 0) is 6.32 Å². The van der Waals surface area contributed by atoms with Crippen molar-refractivity contribution in [2.45, 2.75) is 13.1 Å². The number of halogens is 1. The van der Waals surface area contributed by atoms with Gasteiger partial charge in [-0.2, -0.15) is 0 Å². The van der Waals surface area contributed by atoms with Crippen LogP contribution in [0.2, 0.25) is 6.82 Å². The first-order valence-corrected chi connectivity index (χ1v) is 4.71. The minimum atomic E-state index is -1.52. The van der Waals surface area contributed by atoms with E-state index in [9.17, 15) is 19.3 Å². The molecule has 90 valence electrons. The van der Waals surface area contributed by atoms with Crippen LogP contribution in [0.25, 0.3) is 0 Å². The Hall–Kier alpha value is -1.96. The number of carboxylic acids is 1. The second-order valence-electron chi connectivity index (χ2n) is 3.57. The summed E-state index contributed by atoms with van der Waals surface area (Å²) in [6.07, 6.45) is -0.166. The van der Waals surface area contributed by atoms with Gasteiger partial charge in [-0.15, -0.1) is 0 Å². The molecule has 6 nitrogen and oxygen atoms in total. The fourth-order valence-electron chi connectivity index (χ4n) is 1.52. The van der Waals surface area contributed by atoms with Crippen molar-refractivity contribution in [1.82, 2.24) is 0 Å². The van der Waals surface area contributed by atoms with Gasteiger partial charge in [-0.1, -0.05) is 6.82 Å². The van der Waals surface area contributed by atoms with Crippen LogP contribution in [0.1, 0.15) is 15.9 Å². The summed E-state index contributed by atoms with van der Waals surface area (Å²) in [6, 6.07) is 1.43. The van der Waals surface area contributed by atoms with E-state index in [1.165, 1.54) is 6.82 Å². The Morgan fingerprint density at radius 1 is 1.59 bits per heavy atom. The Bertz CT molecular complexity index is 477. The van der Waals surface area contributed by atoms with Crippen molar-refractivity contribution in [3.8, 4) is 0 Å². The van der Waals surface area contributed by atoms with Crippen LogP contribution < -0.4 is 0 Å². The maximum Gasteiger partial charge on any atom is 0.342 e. The van der Waals surface area contributed by atoms with Crippen LogP contribution in [0.5, 0.6) is 0 Å². The molecule has 17 heavy (non-hydrogen) atoms. The lowest BCUT2D eigenvalue weighted by molar-refractivity contribution is -0.385. The van der Waals surface area contributed by atoms with E-state index in [-0.39, 0.29) is 11.9 Å². The van der Waals surface area contributed by atoms with Crippen LogP contribution in [0, 0.1) is 15.9 Å². The lowest BCUT2D eigenvalue weighted by Gasteiger charge is -2.07. The number of hydrogen-bond donors (Lipinski definition) is 2. The van der Waals surface area contributed by atoms with Gasteiger partial charge in [0.05, 0.1) is 11.0 Å². The highest BCUT2D eigenvalue weighted by atomic mass is 19.1. The van der Waals surface area contributed by atoms with E-state index in [4.69, 9.17) is 10.1 Å². The molecule has 0 saturated carbocycles. The van der Waals surface area contributed by atoms with Gasteiger partial charge >= 0.3 is 5.97 Å². The molecule has 0 bridgehead atoms. The maximum absolute atomic E-state index is 13.1. The van der Waals surface area contributed by atoms with Crippen LogP contribution in [-0.4, -0.2) is 27.9 Å². The van der Waals surface area contributed by atoms with E-state index in [0.29, 0.717) is 6.07 Å². The Kier molecular flexibility index (Phi) is 3.79. The van der Waals surface area contributed by atoms with Gasteiger partial charge in [0.2, 0.25) is 0 Å². The summed E-state index contributed by atoms with van der Waals surface area (Å²) in [7, 11) is 0. The largest absolute Gasteiger partial charge is 0.477 e. The molecule has 1 aromatic rings. The summed E-state index contributed by atoms with van der Waals surface area (Å²) < 4.78 is 13.1. The quantitative estimate of drug-likeness (QED) is 0.467. The molecule has 0 aliphatic carbocycles. The molecule has 2 N–H and O–H groups in total. The number of nitro benzene ring substituents is 1. The third-order valence-corrected chi connectivity index (χ3v) is 2.09. The molecule has 0 aromatic heterocycles. The first-order valence-electron chi connectivity index (χ1n) is 4.71. The molecule has 0 atom stereocenters. The van der Waals surface area contributed by atoms with E-state index in [1.54, 1.807) is 0 Å². The number of aromatic carboxylic acids is 1. The van der Waals surface area contributed by atoms with Crippen LogP contribution in [0.4, 0.5) is 10.1 Å².